The molecule has 1 aliphatic heterocycles. The highest BCUT2D eigenvalue weighted by Gasteiger charge is 2.23. The summed E-state index contributed by atoms with van der Waals surface area (Å²) in [5, 5.41) is 3.62. The van der Waals surface area contributed by atoms with Crippen molar-refractivity contribution in [1.29, 1.82) is 0 Å². The molecule has 0 radical (unpaired) electrons. The summed E-state index contributed by atoms with van der Waals surface area (Å²) in [6.45, 7) is 3.87. The largest absolute Gasteiger partial charge is 0.314 e. The van der Waals surface area contributed by atoms with Crippen LogP contribution in [0, 0.1) is 5.92 Å². The maximum absolute atomic E-state index is 3.62. The summed E-state index contributed by atoms with van der Waals surface area (Å²) in [6.07, 6.45) is 5.67. The van der Waals surface area contributed by atoms with Gasteiger partial charge in [-0.3, -0.25) is 0 Å². The number of hydrogen-bond donors (Lipinski definition) is 1. The lowest BCUT2D eigenvalue weighted by Crippen LogP contribution is -2.37. The van der Waals surface area contributed by atoms with Crippen LogP contribution in [0.2, 0.25) is 0 Å². The molecule has 70 valence electrons. The van der Waals surface area contributed by atoms with E-state index in [1.165, 1.54) is 45.3 Å². The van der Waals surface area contributed by atoms with Crippen LogP contribution < -0.4 is 5.32 Å². The molecule has 0 aromatic heterocycles. The summed E-state index contributed by atoms with van der Waals surface area (Å²) in [4.78, 5) is 2.46. The van der Waals surface area contributed by atoms with Crippen molar-refractivity contribution in [2.24, 2.45) is 5.92 Å². The van der Waals surface area contributed by atoms with Gasteiger partial charge in [0.05, 0.1) is 0 Å². The number of rotatable bonds is 3. The molecule has 2 aliphatic rings. The molecular weight excluding hydrogens is 148 g/mol. The van der Waals surface area contributed by atoms with Crippen LogP contribution in [0.15, 0.2) is 0 Å². The van der Waals surface area contributed by atoms with Gasteiger partial charge in [-0.15, -0.1) is 0 Å². The predicted molar refractivity (Wildman–Crippen MR) is 51.2 cm³/mol. The summed E-state index contributed by atoms with van der Waals surface area (Å²) in [7, 11) is 2.24. The lowest BCUT2D eigenvalue weighted by molar-refractivity contribution is 0.206. The fraction of sp³-hybridized carbons (Fsp3) is 1.00. The van der Waals surface area contributed by atoms with Crippen molar-refractivity contribution in [3.05, 3.63) is 0 Å². The molecule has 1 heterocycles. The highest BCUT2D eigenvalue weighted by molar-refractivity contribution is 4.83. The third kappa shape index (κ3) is 2.46. The van der Waals surface area contributed by atoms with Crippen LogP contribution >= 0.6 is 0 Å². The molecule has 1 atom stereocenters. The molecule has 2 rings (SSSR count). The molecular formula is C10H20N2. The van der Waals surface area contributed by atoms with Gasteiger partial charge in [0.2, 0.25) is 0 Å². The quantitative estimate of drug-likeness (QED) is 0.678. The van der Waals surface area contributed by atoms with E-state index in [0.29, 0.717) is 0 Å². The third-order valence-corrected chi connectivity index (χ3v) is 2.99. The number of nitrogens with one attached hydrogen (secondary N) is 1. The van der Waals surface area contributed by atoms with Gasteiger partial charge in [0.15, 0.2) is 0 Å². The van der Waals surface area contributed by atoms with Crippen molar-refractivity contribution in [3.8, 4) is 0 Å². The molecule has 1 aliphatic carbocycles. The second kappa shape index (κ2) is 3.75. The van der Waals surface area contributed by atoms with Gasteiger partial charge in [-0.2, -0.15) is 0 Å². The van der Waals surface area contributed by atoms with Gasteiger partial charge in [-0.1, -0.05) is 0 Å². The first kappa shape index (κ1) is 8.52. The molecule has 1 saturated carbocycles. The standard InChI is InChI=1S/C10H20N2/c1-12-6-2-3-9(8-12)7-11-10-4-5-10/h9-11H,2-8H2,1H3/t9-/m1/s1. The average Bonchev–Trinajstić information content (AvgIpc) is 2.84. The van der Waals surface area contributed by atoms with E-state index in [0.717, 1.165) is 12.0 Å². The first-order chi connectivity index (χ1) is 5.84. The molecule has 0 bridgehead atoms. The molecule has 0 unspecified atom stereocenters. The summed E-state index contributed by atoms with van der Waals surface area (Å²) >= 11 is 0. The van der Waals surface area contributed by atoms with Crippen LogP contribution in [0.3, 0.4) is 0 Å². The fourth-order valence-corrected chi connectivity index (χ4v) is 2.06. The number of piperidine rings is 1. The van der Waals surface area contributed by atoms with Crippen molar-refractivity contribution in [2.45, 2.75) is 31.7 Å². The second-order valence-corrected chi connectivity index (χ2v) is 4.45. The minimum absolute atomic E-state index is 0.886. The van der Waals surface area contributed by atoms with Crippen LogP contribution in [0.25, 0.3) is 0 Å². The van der Waals surface area contributed by atoms with Gasteiger partial charge in [-0.05, 0) is 51.7 Å². The fourth-order valence-electron chi connectivity index (χ4n) is 2.06. The predicted octanol–water partition coefficient (Wildman–Crippen LogP) is 1.08. The Morgan fingerprint density at radius 1 is 1.33 bits per heavy atom. The van der Waals surface area contributed by atoms with Crippen molar-refractivity contribution >= 4 is 0 Å². The monoisotopic (exact) mass is 168 g/mol. The Hall–Kier alpha value is -0.0800. The van der Waals surface area contributed by atoms with E-state index in [-0.39, 0.29) is 0 Å². The number of hydrogen-bond acceptors (Lipinski definition) is 2. The zero-order chi connectivity index (χ0) is 8.39. The van der Waals surface area contributed by atoms with Crippen LogP contribution in [0.5, 0.6) is 0 Å². The molecule has 2 nitrogen and oxygen atoms in total. The van der Waals surface area contributed by atoms with Crippen LogP contribution in [0.4, 0.5) is 0 Å². The Labute approximate surface area is 75.3 Å². The molecule has 0 spiro atoms. The zero-order valence-corrected chi connectivity index (χ0v) is 8.05. The van der Waals surface area contributed by atoms with E-state index in [2.05, 4.69) is 17.3 Å². The maximum atomic E-state index is 3.62. The Morgan fingerprint density at radius 3 is 2.83 bits per heavy atom. The SMILES string of the molecule is CN1CCC[C@H](CNC2CC2)C1. The smallest absolute Gasteiger partial charge is 0.00683 e. The molecule has 1 N–H and O–H groups in total. The van der Waals surface area contributed by atoms with Gasteiger partial charge >= 0.3 is 0 Å². The molecule has 12 heavy (non-hydrogen) atoms. The highest BCUT2D eigenvalue weighted by atomic mass is 15.1. The lowest BCUT2D eigenvalue weighted by Gasteiger charge is -2.29. The Bertz CT molecular complexity index is 143. The average molecular weight is 168 g/mol. The van der Waals surface area contributed by atoms with E-state index in [4.69, 9.17) is 0 Å². The summed E-state index contributed by atoms with van der Waals surface area (Å²) in [6, 6.07) is 0.886. The van der Waals surface area contributed by atoms with Crippen molar-refractivity contribution < 1.29 is 0 Å². The topological polar surface area (TPSA) is 15.3 Å². The number of likely N-dealkylation sites (tertiary alicyclic amines) is 1. The van der Waals surface area contributed by atoms with Gasteiger partial charge in [-0.25, -0.2) is 0 Å². The van der Waals surface area contributed by atoms with E-state index in [9.17, 15) is 0 Å². The van der Waals surface area contributed by atoms with Crippen molar-refractivity contribution in [3.63, 3.8) is 0 Å². The van der Waals surface area contributed by atoms with E-state index in [1.54, 1.807) is 0 Å². The van der Waals surface area contributed by atoms with E-state index >= 15 is 0 Å². The van der Waals surface area contributed by atoms with Crippen molar-refractivity contribution in [1.82, 2.24) is 10.2 Å². The minimum Gasteiger partial charge on any atom is -0.314 e. The highest BCUT2D eigenvalue weighted by Crippen LogP contribution is 2.20. The Kier molecular flexibility index (Phi) is 2.66. The summed E-state index contributed by atoms with van der Waals surface area (Å²) in [5.74, 6) is 0.921. The summed E-state index contributed by atoms with van der Waals surface area (Å²) < 4.78 is 0. The molecule has 1 saturated heterocycles. The Balaban J connectivity index is 1.64. The van der Waals surface area contributed by atoms with Gasteiger partial charge in [0, 0.05) is 12.6 Å². The lowest BCUT2D eigenvalue weighted by atomic mass is 9.98. The third-order valence-electron chi connectivity index (χ3n) is 2.99. The van der Waals surface area contributed by atoms with E-state index < -0.39 is 0 Å². The summed E-state index contributed by atoms with van der Waals surface area (Å²) in [5.41, 5.74) is 0. The maximum Gasteiger partial charge on any atom is 0.00683 e. The molecule has 2 fully saturated rings. The Morgan fingerprint density at radius 2 is 2.17 bits per heavy atom. The molecule has 2 heteroatoms. The second-order valence-electron chi connectivity index (χ2n) is 4.45. The minimum atomic E-state index is 0.886. The van der Waals surface area contributed by atoms with Gasteiger partial charge in [0.1, 0.15) is 0 Å². The molecule has 0 amide bonds. The van der Waals surface area contributed by atoms with Crippen molar-refractivity contribution in [2.75, 3.05) is 26.7 Å². The zero-order valence-electron chi connectivity index (χ0n) is 8.05. The van der Waals surface area contributed by atoms with Gasteiger partial charge < -0.3 is 10.2 Å². The molecule has 0 aromatic rings. The van der Waals surface area contributed by atoms with Crippen LogP contribution in [-0.2, 0) is 0 Å². The molecule has 0 aromatic carbocycles. The van der Waals surface area contributed by atoms with Gasteiger partial charge in [0.25, 0.3) is 0 Å². The van der Waals surface area contributed by atoms with E-state index in [1.807, 2.05) is 0 Å². The normalized spacial score (nSPS) is 32.2. The van der Waals surface area contributed by atoms with Crippen LogP contribution in [-0.4, -0.2) is 37.6 Å². The number of nitrogens with zero attached hydrogens (tertiary/aromatic N) is 1. The first-order valence-corrected chi connectivity index (χ1v) is 5.26. The van der Waals surface area contributed by atoms with Crippen LogP contribution in [0.1, 0.15) is 25.7 Å². The first-order valence-electron chi connectivity index (χ1n) is 5.26.